The molecule has 3 aromatic rings. The Morgan fingerprint density at radius 2 is 1.78 bits per heavy atom. The minimum Gasteiger partial charge on any atom is -0.493 e. The van der Waals surface area contributed by atoms with Gasteiger partial charge in [-0.25, -0.2) is 9.79 Å². The van der Waals surface area contributed by atoms with Crippen molar-refractivity contribution in [3.8, 4) is 11.5 Å². The monoisotopic (exact) mass is 450 g/mol. The molecule has 8 heteroatoms. The van der Waals surface area contributed by atoms with Gasteiger partial charge in [0.1, 0.15) is 0 Å². The number of nitrogens with zero attached hydrogens (tertiary/aromatic N) is 2. The van der Waals surface area contributed by atoms with Gasteiger partial charge in [-0.15, -0.1) is 0 Å². The molecule has 0 fully saturated rings. The van der Waals surface area contributed by atoms with Crippen LogP contribution in [0.3, 0.4) is 0 Å². The van der Waals surface area contributed by atoms with Crippen molar-refractivity contribution in [2.24, 2.45) is 4.99 Å². The third-order valence-electron chi connectivity index (χ3n) is 5.25. The van der Waals surface area contributed by atoms with Crippen LogP contribution in [0.4, 0.5) is 0 Å². The summed E-state index contributed by atoms with van der Waals surface area (Å²) in [6.07, 6.45) is 1.78. The van der Waals surface area contributed by atoms with E-state index < -0.39 is 12.0 Å². The molecule has 0 saturated carbocycles. The van der Waals surface area contributed by atoms with Crippen LogP contribution in [0, 0.1) is 0 Å². The number of aromatic nitrogens is 1. The fourth-order valence-corrected chi connectivity index (χ4v) is 4.78. The highest BCUT2D eigenvalue weighted by Gasteiger charge is 2.32. The Hall–Kier alpha value is -3.65. The number of carbonyl (C=O) groups excluding carboxylic acids is 1. The van der Waals surface area contributed by atoms with Crippen molar-refractivity contribution in [2.45, 2.75) is 13.0 Å². The van der Waals surface area contributed by atoms with Gasteiger partial charge in [0.15, 0.2) is 16.3 Å². The molecule has 0 spiro atoms. The number of rotatable bonds is 5. The molecule has 1 aromatic heterocycles. The highest BCUT2D eigenvalue weighted by atomic mass is 32.1. The van der Waals surface area contributed by atoms with Gasteiger partial charge in [-0.3, -0.25) is 9.36 Å². The van der Waals surface area contributed by atoms with E-state index in [1.54, 1.807) is 43.9 Å². The second kappa shape index (κ2) is 8.84. The molecule has 1 aliphatic heterocycles. The SMILES string of the molecule is COC(=O)C1=C(C)N=c2s/c(=C/c3ccc(OC)c(OC)c3)c(=O)n2[C@H]1c1ccccc1. The molecule has 0 unspecified atom stereocenters. The fourth-order valence-electron chi connectivity index (χ4n) is 3.74. The highest BCUT2D eigenvalue weighted by Crippen LogP contribution is 2.30. The number of benzene rings is 2. The van der Waals surface area contributed by atoms with Gasteiger partial charge in [0.2, 0.25) is 0 Å². The fraction of sp³-hybridized carbons (Fsp3) is 0.208. The Kier molecular flexibility index (Phi) is 5.96. The molecular formula is C24H22N2O5S. The predicted octanol–water partition coefficient (Wildman–Crippen LogP) is 2.43. The van der Waals surface area contributed by atoms with Gasteiger partial charge in [-0.05, 0) is 36.3 Å². The van der Waals surface area contributed by atoms with E-state index >= 15 is 0 Å². The van der Waals surface area contributed by atoms with Gasteiger partial charge in [0.05, 0.1) is 43.2 Å². The maximum Gasteiger partial charge on any atom is 0.338 e. The molecule has 0 radical (unpaired) electrons. The maximum atomic E-state index is 13.5. The lowest BCUT2D eigenvalue weighted by Gasteiger charge is -2.24. The van der Waals surface area contributed by atoms with Gasteiger partial charge in [0.25, 0.3) is 5.56 Å². The molecule has 1 aliphatic rings. The molecule has 32 heavy (non-hydrogen) atoms. The van der Waals surface area contributed by atoms with Crippen LogP contribution in [-0.4, -0.2) is 31.9 Å². The van der Waals surface area contributed by atoms with Gasteiger partial charge < -0.3 is 14.2 Å². The standard InChI is InChI=1S/C24H22N2O5S/c1-14-20(23(28)31-4)21(16-8-6-5-7-9-16)26-22(27)19(32-24(26)25-14)13-15-10-11-17(29-2)18(12-15)30-3/h5-13,21H,1-4H3/b19-13+/t21-/m0/s1. The second-order valence-corrected chi connectivity index (χ2v) is 8.11. The molecule has 2 heterocycles. The number of allylic oxidation sites excluding steroid dienone is 1. The Morgan fingerprint density at radius 3 is 2.44 bits per heavy atom. The summed E-state index contributed by atoms with van der Waals surface area (Å²) in [5.41, 5.74) is 2.24. The molecule has 0 bridgehead atoms. The van der Waals surface area contributed by atoms with E-state index in [1.807, 2.05) is 36.4 Å². The first-order valence-corrected chi connectivity index (χ1v) is 10.7. The summed E-state index contributed by atoms with van der Waals surface area (Å²) in [7, 11) is 4.46. The van der Waals surface area contributed by atoms with Crippen molar-refractivity contribution in [2.75, 3.05) is 21.3 Å². The molecular weight excluding hydrogens is 428 g/mol. The third-order valence-corrected chi connectivity index (χ3v) is 6.23. The average molecular weight is 451 g/mol. The molecule has 0 saturated heterocycles. The molecule has 4 rings (SSSR count). The van der Waals surface area contributed by atoms with Gasteiger partial charge in [0, 0.05) is 0 Å². The second-order valence-electron chi connectivity index (χ2n) is 7.10. The van der Waals surface area contributed by atoms with E-state index in [4.69, 9.17) is 14.2 Å². The minimum absolute atomic E-state index is 0.230. The Morgan fingerprint density at radius 1 is 1.06 bits per heavy atom. The number of methoxy groups -OCH3 is 3. The number of ether oxygens (including phenoxy) is 3. The summed E-state index contributed by atoms with van der Waals surface area (Å²) in [6, 6.07) is 14.2. The van der Waals surface area contributed by atoms with Crippen molar-refractivity contribution in [1.82, 2.24) is 4.57 Å². The van der Waals surface area contributed by atoms with E-state index in [0.717, 1.165) is 11.1 Å². The van der Waals surface area contributed by atoms with Gasteiger partial charge in [-0.1, -0.05) is 47.7 Å². The molecule has 0 N–H and O–H groups in total. The topological polar surface area (TPSA) is 79.1 Å². The predicted molar refractivity (Wildman–Crippen MR) is 122 cm³/mol. The molecule has 0 aliphatic carbocycles. The summed E-state index contributed by atoms with van der Waals surface area (Å²) >= 11 is 1.27. The molecule has 2 aromatic carbocycles. The zero-order valence-corrected chi connectivity index (χ0v) is 18.9. The van der Waals surface area contributed by atoms with E-state index in [9.17, 15) is 9.59 Å². The van der Waals surface area contributed by atoms with E-state index in [-0.39, 0.29) is 5.56 Å². The molecule has 0 amide bonds. The first-order chi connectivity index (χ1) is 15.5. The van der Waals surface area contributed by atoms with Crippen molar-refractivity contribution in [3.05, 3.63) is 90.6 Å². The van der Waals surface area contributed by atoms with Crippen molar-refractivity contribution in [3.63, 3.8) is 0 Å². The quantitative estimate of drug-likeness (QED) is 0.558. The summed E-state index contributed by atoms with van der Waals surface area (Å²) < 4.78 is 17.7. The van der Waals surface area contributed by atoms with Crippen LogP contribution in [0.2, 0.25) is 0 Å². The smallest absolute Gasteiger partial charge is 0.338 e. The average Bonchev–Trinajstić information content (AvgIpc) is 3.12. The van der Waals surface area contributed by atoms with Crippen LogP contribution in [-0.2, 0) is 9.53 Å². The van der Waals surface area contributed by atoms with Gasteiger partial charge >= 0.3 is 5.97 Å². The van der Waals surface area contributed by atoms with E-state index in [1.165, 1.54) is 18.4 Å². The number of hydrogen-bond acceptors (Lipinski definition) is 7. The lowest BCUT2D eigenvalue weighted by molar-refractivity contribution is -0.136. The third kappa shape index (κ3) is 3.73. The Bertz CT molecular complexity index is 1390. The normalized spacial score (nSPS) is 15.8. The largest absolute Gasteiger partial charge is 0.493 e. The van der Waals surface area contributed by atoms with E-state index in [2.05, 4.69) is 4.99 Å². The van der Waals surface area contributed by atoms with Crippen molar-refractivity contribution in [1.29, 1.82) is 0 Å². The number of esters is 1. The van der Waals surface area contributed by atoms with Crippen LogP contribution < -0.4 is 24.4 Å². The van der Waals surface area contributed by atoms with Crippen LogP contribution in [0.15, 0.2) is 69.6 Å². The molecule has 164 valence electrons. The first kappa shape index (κ1) is 21.6. The van der Waals surface area contributed by atoms with Crippen LogP contribution in [0.25, 0.3) is 6.08 Å². The lowest BCUT2D eigenvalue weighted by Crippen LogP contribution is -2.39. The number of hydrogen-bond donors (Lipinski definition) is 0. The Labute approximate surface area is 188 Å². The zero-order valence-electron chi connectivity index (χ0n) is 18.1. The highest BCUT2D eigenvalue weighted by molar-refractivity contribution is 7.07. The Balaban J connectivity index is 1.93. The summed E-state index contributed by atoms with van der Waals surface area (Å²) in [4.78, 5) is 31.2. The summed E-state index contributed by atoms with van der Waals surface area (Å²) in [5, 5.41) is 0. The minimum atomic E-state index is -0.618. The van der Waals surface area contributed by atoms with Crippen LogP contribution in [0.5, 0.6) is 11.5 Å². The van der Waals surface area contributed by atoms with E-state index in [0.29, 0.717) is 32.1 Å². The van der Waals surface area contributed by atoms with Crippen LogP contribution >= 0.6 is 11.3 Å². The molecule has 7 nitrogen and oxygen atoms in total. The summed E-state index contributed by atoms with van der Waals surface area (Å²) in [5.74, 6) is 0.669. The summed E-state index contributed by atoms with van der Waals surface area (Å²) in [6.45, 7) is 1.76. The lowest BCUT2D eigenvalue weighted by atomic mass is 9.96. The number of thiazole rings is 1. The van der Waals surface area contributed by atoms with Crippen molar-refractivity contribution >= 4 is 23.4 Å². The number of carbonyl (C=O) groups is 1. The van der Waals surface area contributed by atoms with Crippen molar-refractivity contribution < 1.29 is 19.0 Å². The zero-order chi connectivity index (χ0) is 22.8. The number of fused-ring (bicyclic) bond motifs is 1. The van der Waals surface area contributed by atoms with Crippen LogP contribution in [0.1, 0.15) is 24.1 Å². The van der Waals surface area contributed by atoms with Gasteiger partial charge in [-0.2, -0.15) is 0 Å². The first-order valence-electron chi connectivity index (χ1n) is 9.86. The molecule has 1 atom stereocenters. The maximum absolute atomic E-state index is 13.5.